The van der Waals surface area contributed by atoms with Crippen LogP contribution in [0.25, 0.3) is 151 Å². The Hall–Kier alpha value is -14.9. The zero-order chi connectivity index (χ0) is 74.0. The molecule has 0 radical (unpaired) electrons. The quantitative estimate of drug-likeness (QED) is 0.108. The lowest BCUT2D eigenvalue weighted by Crippen LogP contribution is -2.29. The van der Waals surface area contributed by atoms with Gasteiger partial charge in [0.2, 0.25) is 0 Å². The molecule has 524 valence electrons. The molecule has 0 bridgehead atoms. The fourth-order valence-electron chi connectivity index (χ4n) is 16.9. The SMILES string of the molecule is c1ccc(-c2cc(-c3ccccc3)cc(N3c4ccccc4C4c5ccccc5N(c5cc(-c6ccccc6)cc(-c6ccccc6)c5)c5cc(-c6ccc7c(c6)c6ccccc6n7-c6cc(-c7nc(-c8ccccc8)cc(-c8ccccc8)n7)ccc6-c6nc(-c7ccccc7)cc(-c7ccccc7)n6)cc3c54)c2)cc1. The zero-order valence-electron chi connectivity index (χ0n) is 61.0. The Bertz CT molecular complexity index is 6360. The van der Waals surface area contributed by atoms with E-state index in [9.17, 15) is 0 Å². The number of para-hydroxylation sites is 3. The van der Waals surface area contributed by atoms with Crippen LogP contribution < -0.4 is 9.80 Å². The first-order valence-electron chi connectivity index (χ1n) is 38.2. The van der Waals surface area contributed by atoms with Crippen LogP contribution in [0.5, 0.6) is 0 Å². The molecule has 7 heteroatoms. The summed E-state index contributed by atoms with van der Waals surface area (Å²) in [5, 5.41) is 2.18. The monoisotopic (exact) mass is 1430 g/mol. The van der Waals surface area contributed by atoms with Crippen LogP contribution >= 0.6 is 0 Å². The Kier molecular flexibility index (Phi) is 16.2. The van der Waals surface area contributed by atoms with Gasteiger partial charge < -0.3 is 14.4 Å². The summed E-state index contributed by atoms with van der Waals surface area (Å²) in [5.41, 5.74) is 33.4. The molecule has 7 nitrogen and oxygen atoms in total. The minimum Gasteiger partial charge on any atom is -0.310 e. The average molecular weight is 1430 g/mol. The molecule has 0 amide bonds. The molecule has 0 saturated carbocycles. The largest absolute Gasteiger partial charge is 0.310 e. The lowest BCUT2D eigenvalue weighted by atomic mass is 9.75. The van der Waals surface area contributed by atoms with Crippen molar-refractivity contribution in [2.75, 3.05) is 9.80 Å². The second kappa shape index (κ2) is 27.7. The van der Waals surface area contributed by atoms with Crippen molar-refractivity contribution in [3.63, 3.8) is 0 Å². The van der Waals surface area contributed by atoms with E-state index in [0.717, 1.165) is 173 Å². The van der Waals surface area contributed by atoms with Crippen molar-refractivity contribution in [3.8, 4) is 129 Å². The van der Waals surface area contributed by atoms with E-state index in [0.29, 0.717) is 11.6 Å². The summed E-state index contributed by atoms with van der Waals surface area (Å²) < 4.78 is 2.42. The molecule has 2 aliphatic heterocycles. The lowest BCUT2D eigenvalue weighted by Gasteiger charge is -2.45. The van der Waals surface area contributed by atoms with Crippen molar-refractivity contribution in [1.82, 2.24) is 24.5 Å². The van der Waals surface area contributed by atoms with E-state index in [1.807, 2.05) is 24.3 Å². The van der Waals surface area contributed by atoms with Crippen LogP contribution in [-0.4, -0.2) is 24.5 Å². The maximum Gasteiger partial charge on any atom is 0.162 e. The van der Waals surface area contributed by atoms with Crippen LogP contribution in [0.1, 0.15) is 22.6 Å². The summed E-state index contributed by atoms with van der Waals surface area (Å²) in [6.45, 7) is 0. The Morgan fingerprint density at radius 2 is 0.527 bits per heavy atom. The molecular weight excluding hydrogens is 1360 g/mol. The van der Waals surface area contributed by atoms with Gasteiger partial charge in [0.25, 0.3) is 0 Å². The molecule has 0 spiro atoms. The maximum atomic E-state index is 5.56. The molecule has 3 aromatic heterocycles. The van der Waals surface area contributed by atoms with E-state index < -0.39 is 0 Å². The molecule has 112 heavy (non-hydrogen) atoms. The highest BCUT2D eigenvalue weighted by atomic mass is 15.2. The third kappa shape index (κ3) is 11.7. The summed E-state index contributed by atoms with van der Waals surface area (Å²) in [5.74, 6) is 1.05. The van der Waals surface area contributed by atoms with Crippen LogP contribution in [-0.2, 0) is 0 Å². The summed E-state index contributed by atoms with van der Waals surface area (Å²) in [7, 11) is 0. The van der Waals surface area contributed by atoms with Crippen LogP contribution in [0, 0.1) is 0 Å². The van der Waals surface area contributed by atoms with Crippen molar-refractivity contribution in [1.29, 1.82) is 0 Å². The second-order valence-corrected chi connectivity index (χ2v) is 28.9. The summed E-state index contributed by atoms with van der Waals surface area (Å²) in [6, 6.07) is 149. The summed E-state index contributed by atoms with van der Waals surface area (Å²) in [6.07, 6.45) is 0. The number of nitrogens with zero attached hydrogens (tertiary/aromatic N) is 7. The van der Waals surface area contributed by atoms with E-state index in [4.69, 9.17) is 19.9 Å². The van der Waals surface area contributed by atoms with Crippen molar-refractivity contribution < 1.29 is 0 Å². The molecule has 19 aromatic rings. The molecular formula is C105H69N7. The Labute approximate surface area is 650 Å². The van der Waals surface area contributed by atoms with Gasteiger partial charge in [0, 0.05) is 67.0 Å². The van der Waals surface area contributed by atoms with Crippen molar-refractivity contribution in [3.05, 3.63) is 429 Å². The lowest BCUT2D eigenvalue weighted by molar-refractivity contribution is 0.909. The van der Waals surface area contributed by atoms with Crippen molar-refractivity contribution in [2.24, 2.45) is 0 Å². The van der Waals surface area contributed by atoms with Crippen LogP contribution in [0.15, 0.2) is 413 Å². The topological polar surface area (TPSA) is 63.0 Å². The first-order chi connectivity index (χ1) is 55.5. The third-order valence-corrected chi connectivity index (χ3v) is 22.1. The zero-order valence-corrected chi connectivity index (χ0v) is 61.0. The Morgan fingerprint density at radius 3 is 0.946 bits per heavy atom. The minimum atomic E-state index is -0.126. The van der Waals surface area contributed by atoms with E-state index >= 15 is 0 Å². The molecule has 0 fully saturated rings. The van der Waals surface area contributed by atoms with Crippen LogP contribution in [0.4, 0.5) is 34.1 Å². The van der Waals surface area contributed by atoms with Crippen LogP contribution in [0.2, 0.25) is 0 Å². The highest BCUT2D eigenvalue weighted by Gasteiger charge is 2.42. The van der Waals surface area contributed by atoms with Crippen molar-refractivity contribution in [2.45, 2.75) is 5.92 Å². The van der Waals surface area contributed by atoms with Gasteiger partial charge in [0.15, 0.2) is 11.6 Å². The number of anilines is 6. The van der Waals surface area contributed by atoms with E-state index in [1.165, 1.54) is 16.7 Å². The molecule has 0 unspecified atom stereocenters. The Morgan fingerprint density at radius 1 is 0.196 bits per heavy atom. The predicted octanol–water partition coefficient (Wildman–Crippen LogP) is 27.4. The smallest absolute Gasteiger partial charge is 0.162 e. The minimum absolute atomic E-state index is 0.126. The van der Waals surface area contributed by atoms with E-state index in [1.54, 1.807) is 0 Å². The maximum absolute atomic E-state index is 5.56. The number of hydrogen-bond acceptors (Lipinski definition) is 6. The molecule has 0 aliphatic carbocycles. The van der Waals surface area contributed by atoms with Gasteiger partial charge in [-0.15, -0.1) is 0 Å². The number of rotatable bonds is 14. The van der Waals surface area contributed by atoms with Gasteiger partial charge in [-0.3, -0.25) is 0 Å². The third-order valence-electron chi connectivity index (χ3n) is 22.1. The normalized spacial score (nSPS) is 12.2. The fourth-order valence-corrected chi connectivity index (χ4v) is 16.9. The molecule has 16 aromatic carbocycles. The summed E-state index contributed by atoms with van der Waals surface area (Å²) in [4.78, 5) is 27.1. The van der Waals surface area contributed by atoms with Gasteiger partial charge in [0.1, 0.15) is 0 Å². The van der Waals surface area contributed by atoms with Gasteiger partial charge in [0.05, 0.1) is 62.2 Å². The first kappa shape index (κ1) is 65.4. The van der Waals surface area contributed by atoms with Gasteiger partial charge in [-0.25, -0.2) is 19.9 Å². The van der Waals surface area contributed by atoms with Gasteiger partial charge in [-0.05, 0) is 170 Å². The first-order valence-corrected chi connectivity index (χ1v) is 38.2. The predicted molar refractivity (Wildman–Crippen MR) is 462 cm³/mol. The average Bonchev–Trinajstić information content (AvgIpc) is 0.807. The fraction of sp³-hybridized carbons (Fsp3) is 0.00952. The highest BCUT2D eigenvalue weighted by Crippen LogP contribution is 2.62. The van der Waals surface area contributed by atoms with Gasteiger partial charge in [-0.1, -0.05) is 309 Å². The molecule has 5 heterocycles. The number of hydrogen-bond donors (Lipinski definition) is 0. The highest BCUT2D eigenvalue weighted by molar-refractivity contribution is 6.12. The van der Waals surface area contributed by atoms with E-state index in [2.05, 4.69) is 403 Å². The second-order valence-electron chi connectivity index (χ2n) is 28.9. The molecule has 2 aliphatic rings. The number of fused-ring (bicyclic) bond motifs is 7. The molecule has 21 rings (SSSR count). The summed E-state index contributed by atoms with van der Waals surface area (Å²) >= 11 is 0. The van der Waals surface area contributed by atoms with Crippen LogP contribution in [0.3, 0.4) is 0 Å². The standard InChI is InChI=1S/C105H69N7/c1-9-31-69(32-10-1)79-57-80(70-33-11-2-12-34-70)60-84(59-79)110-96-51-29-26-48-87(96)102-88-49-27-30-52-97(88)111(85-61-81(71-35-13-3-14-36-71)58-82(62-85)72-37-15-4-16-38-72)101-66-83(65-100(110)103(101)102)77-54-56-98-90(63-77)86-47-25-28-50-95(86)112(98)99-64-78(104-106-91(73-39-17-5-18-40-73)67-92(107-104)74-41-19-6-20-42-74)53-55-89(99)105-108-93(75-43-21-7-22-44-75)68-94(109-105)76-45-23-8-24-46-76/h1-68,102H. The van der Waals surface area contributed by atoms with Crippen molar-refractivity contribution >= 4 is 55.9 Å². The molecule has 0 atom stereocenters. The Balaban J connectivity index is 0.827. The number of aromatic nitrogens is 5. The van der Waals surface area contributed by atoms with Gasteiger partial charge in [-0.2, -0.15) is 0 Å². The van der Waals surface area contributed by atoms with E-state index in [-0.39, 0.29) is 5.92 Å². The van der Waals surface area contributed by atoms with Gasteiger partial charge >= 0.3 is 0 Å². The molecule has 0 N–H and O–H groups in total. The number of benzene rings is 16. The molecule has 0 saturated heterocycles.